The summed E-state index contributed by atoms with van der Waals surface area (Å²) in [5, 5.41) is 4.09. The molecular weight excluding hydrogens is 218 g/mol. The van der Waals surface area contributed by atoms with Gasteiger partial charge in [0.05, 0.1) is 0 Å². The lowest BCUT2D eigenvalue weighted by molar-refractivity contribution is 0.468. The van der Waals surface area contributed by atoms with Gasteiger partial charge in [-0.05, 0) is 62.0 Å². The maximum absolute atomic E-state index is 6.34. The number of nitrogens with one attached hydrogen (secondary N) is 1. The highest BCUT2D eigenvalue weighted by atomic mass is 35.5. The zero-order valence-corrected chi connectivity index (χ0v) is 11.7. The second kappa shape index (κ2) is 5.20. The summed E-state index contributed by atoms with van der Waals surface area (Å²) in [5.74, 6) is 0. The van der Waals surface area contributed by atoms with Crippen molar-refractivity contribution in [3.05, 3.63) is 33.8 Å². The highest BCUT2D eigenvalue weighted by Crippen LogP contribution is 2.34. The molecule has 1 nitrogen and oxygen atoms in total. The average molecular weight is 240 g/mol. The van der Waals surface area contributed by atoms with Crippen LogP contribution in [0, 0.1) is 13.8 Å². The van der Waals surface area contributed by atoms with Crippen LogP contribution in [0.4, 0.5) is 0 Å². The van der Waals surface area contributed by atoms with Gasteiger partial charge in [-0.3, -0.25) is 0 Å². The molecule has 0 unspecified atom stereocenters. The molecule has 0 heterocycles. The van der Waals surface area contributed by atoms with Gasteiger partial charge >= 0.3 is 0 Å². The second-order valence-corrected chi connectivity index (χ2v) is 5.56. The molecule has 0 fully saturated rings. The van der Waals surface area contributed by atoms with Crippen LogP contribution < -0.4 is 5.32 Å². The zero-order valence-electron chi connectivity index (χ0n) is 10.9. The third-order valence-corrected chi connectivity index (χ3v) is 3.63. The largest absolute Gasteiger partial charge is 0.320 e. The van der Waals surface area contributed by atoms with Crippen LogP contribution in [-0.4, -0.2) is 13.6 Å². The summed E-state index contributed by atoms with van der Waals surface area (Å²) in [7, 11) is 1.98. The molecular formula is C14H22ClN. The molecule has 0 saturated heterocycles. The summed E-state index contributed by atoms with van der Waals surface area (Å²) in [6.45, 7) is 9.76. The van der Waals surface area contributed by atoms with Gasteiger partial charge in [0.2, 0.25) is 0 Å². The molecule has 0 amide bonds. The fourth-order valence-corrected chi connectivity index (χ4v) is 2.35. The van der Waals surface area contributed by atoms with Crippen molar-refractivity contribution in [2.45, 2.75) is 39.5 Å². The predicted molar refractivity (Wildman–Crippen MR) is 72.5 cm³/mol. The minimum Gasteiger partial charge on any atom is -0.320 e. The molecule has 1 N–H and O–H groups in total. The van der Waals surface area contributed by atoms with Crippen molar-refractivity contribution in [2.75, 3.05) is 13.6 Å². The van der Waals surface area contributed by atoms with Crippen molar-refractivity contribution in [3.8, 4) is 0 Å². The van der Waals surface area contributed by atoms with Gasteiger partial charge in [0, 0.05) is 5.02 Å². The van der Waals surface area contributed by atoms with E-state index in [9.17, 15) is 0 Å². The molecule has 0 saturated carbocycles. The molecule has 2 heteroatoms. The number of hydrogen-bond acceptors (Lipinski definition) is 1. The molecule has 0 aromatic heterocycles. The minimum atomic E-state index is 0.124. The smallest absolute Gasteiger partial charge is 0.0446 e. The standard InChI is InChI=1S/C14H22ClN/c1-10-8-12(13(15)9-11(10)2)14(3,4)6-7-16-5/h8-9,16H,6-7H2,1-5H3. The average Bonchev–Trinajstić information content (AvgIpc) is 2.20. The van der Waals surface area contributed by atoms with Crippen molar-refractivity contribution in [1.29, 1.82) is 0 Å². The normalized spacial score (nSPS) is 11.9. The van der Waals surface area contributed by atoms with E-state index < -0.39 is 0 Å². The van der Waals surface area contributed by atoms with Crippen molar-refractivity contribution >= 4 is 11.6 Å². The van der Waals surface area contributed by atoms with E-state index in [1.54, 1.807) is 0 Å². The SMILES string of the molecule is CNCCC(C)(C)c1cc(C)c(C)cc1Cl. The second-order valence-electron chi connectivity index (χ2n) is 5.15. The van der Waals surface area contributed by atoms with Crippen LogP contribution in [0.2, 0.25) is 5.02 Å². The third-order valence-electron chi connectivity index (χ3n) is 3.31. The Kier molecular flexibility index (Phi) is 4.40. The van der Waals surface area contributed by atoms with E-state index >= 15 is 0 Å². The van der Waals surface area contributed by atoms with E-state index in [1.807, 2.05) is 7.05 Å². The fraction of sp³-hybridized carbons (Fsp3) is 0.571. The summed E-state index contributed by atoms with van der Waals surface area (Å²) in [6.07, 6.45) is 1.09. The van der Waals surface area contributed by atoms with Gasteiger partial charge in [-0.25, -0.2) is 0 Å². The highest BCUT2D eigenvalue weighted by Gasteiger charge is 2.23. The van der Waals surface area contributed by atoms with Crippen molar-refractivity contribution in [1.82, 2.24) is 5.32 Å². The zero-order chi connectivity index (χ0) is 12.3. The van der Waals surface area contributed by atoms with Gasteiger partial charge in [0.1, 0.15) is 0 Å². The molecule has 0 spiro atoms. The van der Waals surface area contributed by atoms with Crippen LogP contribution in [0.5, 0.6) is 0 Å². The first kappa shape index (κ1) is 13.5. The van der Waals surface area contributed by atoms with Gasteiger partial charge in [-0.15, -0.1) is 0 Å². The molecule has 0 aliphatic rings. The predicted octanol–water partition coefficient (Wildman–Crippen LogP) is 3.84. The molecule has 0 aliphatic carbocycles. The Labute approximate surface area is 104 Å². The molecule has 1 rings (SSSR count). The molecule has 1 aromatic rings. The maximum atomic E-state index is 6.34. The molecule has 16 heavy (non-hydrogen) atoms. The Morgan fingerprint density at radius 1 is 1.19 bits per heavy atom. The van der Waals surface area contributed by atoms with E-state index in [0.717, 1.165) is 18.0 Å². The summed E-state index contributed by atoms with van der Waals surface area (Å²) >= 11 is 6.34. The molecule has 0 aliphatic heterocycles. The Bertz CT molecular complexity index is 369. The summed E-state index contributed by atoms with van der Waals surface area (Å²) in [6, 6.07) is 4.31. The van der Waals surface area contributed by atoms with Crippen molar-refractivity contribution in [2.24, 2.45) is 0 Å². The maximum Gasteiger partial charge on any atom is 0.0446 e. The molecule has 0 bridgehead atoms. The molecule has 0 radical (unpaired) electrons. The van der Waals surface area contributed by atoms with Crippen LogP contribution >= 0.6 is 11.6 Å². The first-order valence-corrected chi connectivity index (χ1v) is 6.18. The third kappa shape index (κ3) is 2.99. The number of hydrogen-bond donors (Lipinski definition) is 1. The van der Waals surface area contributed by atoms with E-state index in [4.69, 9.17) is 11.6 Å². The number of halogens is 1. The van der Waals surface area contributed by atoms with E-state index in [1.165, 1.54) is 16.7 Å². The van der Waals surface area contributed by atoms with E-state index in [0.29, 0.717) is 0 Å². The van der Waals surface area contributed by atoms with Crippen LogP contribution in [0.25, 0.3) is 0 Å². The Hall–Kier alpha value is -0.530. The molecule has 1 aromatic carbocycles. The van der Waals surface area contributed by atoms with Gasteiger partial charge < -0.3 is 5.32 Å². The molecule has 0 atom stereocenters. The lowest BCUT2D eigenvalue weighted by Crippen LogP contribution is -2.24. The van der Waals surface area contributed by atoms with Crippen LogP contribution in [0.3, 0.4) is 0 Å². The van der Waals surface area contributed by atoms with Gasteiger partial charge in [-0.1, -0.05) is 31.5 Å². The number of benzene rings is 1. The van der Waals surface area contributed by atoms with E-state index in [2.05, 4.69) is 45.1 Å². The summed E-state index contributed by atoms with van der Waals surface area (Å²) in [4.78, 5) is 0. The Balaban J connectivity index is 3.07. The first-order valence-electron chi connectivity index (χ1n) is 5.80. The van der Waals surface area contributed by atoms with Crippen LogP contribution in [-0.2, 0) is 5.41 Å². The summed E-state index contributed by atoms with van der Waals surface area (Å²) in [5.41, 5.74) is 3.96. The lowest BCUT2D eigenvalue weighted by Gasteiger charge is -2.27. The summed E-state index contributed by atoms with van der Waals surface area (Å²) < 4.78 is 0. The topological polar surface area (TPSA) is 12.0 Å². The van der Waals surface area contributed by atoms with Crippen molar-refractivity contribution in [3.63, 3.8) is 0 Å². The van der Waals surface area contributed by atoms with Gasteiger partial charge in [0.25, 0.3) is 0 Å². The molecule has 90 valence electrons. The van der Waals surface area contributed by atoms with Crippen molar-refractivity contribution < 1.29 is 0 Å². The van der Waals surface area contributed by atoms with Crippen LogP contribution in [0.1, 0.15) is 37.0 Å². The number of aryl methyl sites for hydroxylation is 2. The highest BCUT2D eigenvalue weighted by molar-refractivity contribution is 6.31. The number of rotatable bonds is 4. The Morgan fingerprint density at radius 3 is 2.31 bits per heavy atom. The van der Waals surface area contributed by atoms with Gasteiger partial charge in [0.15, 0.2) is 0 Å². The Morgan fingerprint density at radius 2 is 1.75 bits per heavy atom. The first-order chi connectivity index (χ1) is 7.38. The minimum absolute atomic E-state index is 0.124. The van der Waals surface area contributed by atoms with Gasteiger partial charge in [-0.2, -0.15) is 0 Å². The lowest BCUT2D eigenvalue weighted by atomic mass is 9.80. The van der Waals surface area contributed by atoms with Crippen LogP contribution in [0.15, 0.2) is 12.1 Å². The fourth-order valence-electron chi connectivity index (χ4n) is 1.87. The van der Waals surface area contributed by atoms with E-state index in [-0.39, 0.29) is 5.41 Å². The monoisotopic (exact) mass is 239 g/mol. The quantitative estimate of drug-likeness (QED) is 0.842.